The molecular formula is C14H26N+. The highest BCUT2D eigenvalue weighted by Crippen LogP contribution is 2.53. The molecule has 15 heavy (non-hydrogen) atoms. The fourth-order valence-electron chi connectivity index (χ4n) is 4.16. The Labute approximate surface area is 94.6 Å². The molecule has 2 aliphatic carbocycles. The molecule has 0 radical (unpaired) electrons. The molecule has 2 rings (SSSR count). The molecule has 0 N–H and O–H groups in total. The van der Waals surface area contributed by atoms with E-state index >= 15 is 0 Å². The molecule has 0 aromatic carbocycles. The lowest BCUT2D eigenvalue weighted by Gasteiger charge is -2.51. The van der Waals surface area contributed by atoms with Crippen LogP contribution in [0.1, 0.15) is 52.4 Å². The first-order chi connectivity index (χ1) is 7.05. The number of rotatable bonds is 0. The summed E-state index contributed by atoms with van der Waals surface area (Å²) in [4.78, 5) is 0. The molecule has 2 atom stereocenters. The predicted molar refractivity (Wildman–Crippen MR) is 65.6 cm³/mol. The van der Waals surface area contributed by atoms with E-state index in [1.54, 1.807) is 5.71 Å². The zero-order valence-corrected chi connectivity index (χ0v) is 10.8. The summed E-state index contributed by atoms with van der Waals surface area (Å²) in [6, 6.07) is 0. The smallest absolute Gasteiger partial charge is 0.161 e. The Morgan fingerprint density at radius 3 is 2.20 bits per heavy atom. The van der Waals surface area contributed by atoms with Gasteiger partial charge in [0, 0.05) is 11.3 Å². The number of hydrogen-bond donors (Lipinski definition) is 0. The van der Waals surface area contributed by atoms with Gasteiger partial charge in [0.2, 0.25) is 0 Å². The SMILES string of the molecule is C[N+](C)=C1[C@@H]2CCCCCC[C@H]2C1(C)C. The highest BCUT2D eigenvalue weighted by Gasteiger charge is 2.57. The molecule has 0 amide bonds. The van der Waals surface area contributed by atoms with Crippen LogP contribution in [-0.4, -0.2) is 24.4 Å². The molecule has 1 nitrogen and oxygen atoms in total. The molecule has 0 aromatic heterocycles. The van der Waals surface area contributed by atoms with Gasteiger partial charge in [0.25, 0.3) is 0 Å². The standard InChI is InChI=1S/C14H26N/c1-14(2)12-10-8-6-5-7-9-11(12)13(14)15(3)4/h11-12H,5-10H2,1-4H3/q+1/t11-,12-/m1/s1. The van der Waals surface area contributed by atoms with E-state index < -0.39 is 0 Å². The lowest BCUT2D eigenvalue weighted by molar-refractivity contribution is -0.477. The first-order valence-electron chi connectivity index (χ1n) is 6.60. The summed E-state index contributed by atoms with van der Waals surface area (Å²) in [6.45, 7) is 4.90. The van der Waals surface area contributed by atoms with Gasteiger partial charge in [-0.1, -0.05) is 39.5 Å². The van der Waals surface area contributed by atoms with Crippen LogP contribution in [0.4, 0.5) is 0 Å². The van der Waals surface area contributed by atoms with E-state index in [0.29, 0.717) is 5.41 Å². The molecule has 2 aliphatic rings. The minimum absolute atomic E-state index is 0.478. The van der Waals surface area contributed by atoms with Gasteiger partial charge in [0.05, 0.1) is 0 Å². The number of fused-ring (bicyclic) bond motifs is 1. The largest absolute Gasteiger partial charge is 0.242 e. The van der Waals surface area contributed by atoms with Crippen LogP contribution >= 0.6 is 0 Å². The van der Waals surface area contributed by atoms with Crippen molar-refractivity contribution in [2.45, 2.75) is 52.4 Å². The van der Waals surface area contributed by atoms with Crippen molar-refractivity contribution in [3.63, 3.8) is 0 Å². The maximum Gasteiger partial charge on any atom is 0.161 e. The Balaban J connectivity index is 2.20. The quantitative estimate of drug-likeness (QED) is 0.537. The first kappa shape index (κ1) is 11.2. The molecule has 0 saturated heterocycles. The van der Waals surface area contributed by atoms with E-state index in [1.165, 1.54) is 38.5 Å². The van der Waals surface area contributed by atoms with Crippen LogP contribution in [0.15, 0.2) is 0 Å². The molecule has 0 aromatic rings. The Morgan fingerprint density at radius 1 is 1.00 bits per heavy atom. The zero-order valence-electron chi connectivity index (χ0n) is 10.8. The monoisotopic (exact) mass is 208 g/mol. The van der Waals surface area contributed by atoms with Crippen molar-refractivity contribution in [2.75, 3.05) is 14.1 Å². The van der Waals surface area contributed by atoms with Crippen molar-refractivity contribution in [3.8, 4) is 0 Å². The summed E-state index contributed by atoms with van der Waals surface area (Å²) in [5.41, 5.74) is 2.19. The summed E-state index contributed by atoms with van der Waals surface area (Å²) >= 11 is 0. The second-order valence-corrected chi connectivity index (χ2v) is 6.21. The highest BCUT2D eigenvalue weighted by molar-refractivity contribution is 5.94. The van der Waals surface area contributed by atoms with Crippen LogP contribution in [0.3, 0.4) is 0 Å². The summed E-state index contributed by atoms with van der Waals surface area (Å²) < 4.78 is 2.39. The number of hydrogen-bond acceptors (Lipinski definition) is 0. The molecule has 1 heteroatoms. The summed E-state index contributed by atoms with van der Waals surface area (Å²) in [5.74, 6) is 1.88. The predicted octanol–water partition coefficient (Wildman–Crippen LogP) is 3.33. The van der Waals surface area contributed by atoms with Gasteiger partial charge in [-0.3, -0.25) is 0 Å². The minimum atomic E-state index is 0.478. The van der Waals surface area contributed by atoms with Crippen LogP contribution in [0, 0.1) is 17.3 Å². The lowest BCUT2D eigenvalue weighted by atomic mass is 9.50. The average molecular weight is 208 g/mol. The van der Waals surface area contributed by atoms with Crippen molar-refractivity contribution >= 4 is 5.71 Å². The van der Waals surface area contributed by atoms with Gasteiger partial charge in [0.1, 0.15) is 14.1 Å². The van der Waals surface area contributed by atoms with Gasteiger partial charge < -0.3 is 0 Å². The third-order valence-electron chi connectivity index (χ3n) is 4.69. The van der Waals surface area contributed by atoms with Crippen LogP contribution in [0.2, 0.25) is 0 Å². The third-order valence-corrected chi connectivity index (χ3v) is 4.69. The van der Waals surface area contributed by atoms with Gasteiger partial charge in [-0.2, -0.15) is 0 Å². The molecule has 0 aliphatic heterocycles. The topological polar surface area (TPSA) is 3.01 Å². The second-order valence-electron chi connectivity index (χ2n) is 6.21. The summed E-state index contributed by atoms with van der Waals surface area (Å²) in [5, 5.41) is 0. The zero-order chi connectivity index (χ0) is 11.1. The van der Waals surface area contributed by atoms with E-state index in [-0.39, 0.29) is 0 Å². The van der Waals surface area contributed by atoms with Crippen molar-refractivity contribution in [3.05, 3.63) is 0 Å². The highest BCUT2D eigenvalue weighted by atomic mass is 15.0. The molecule has 2 fully saturated rings. The van der Waals surface area contributed by atoms with Gasteiger partial charge >= 0.3 is 0 Å². The van der Waals surface area contributed by atoms with Crippen LogP contribution in [0.25, 0.3) is 0 Å². The van der Waals surface area contributed by atoms with Crippen molar-refractivity contribution in [2.24, 2.45) is 17.3 Å². The van der Waals surface area contributed by atoms with Crippen LogP contribution in [0.5, 0.6) is 0 Å². The van der Waals surface area contributed by atoms with E-state index in [4.69, 9.17) is 0 Å². The normalized spacial score (nSPS) is 34.8. The van der Waals surface area contributed by atoms with Gasteiger partial charge in [0.15, 0.2) is 5.71 Å². The first-order valence-corrected chi connectivity index (χ1v) is 6.60. The Kier molecular flexibility index (Phi) is 2.92. The Bertz CT molecular complexity index is 271. The van der Waals surface area contributed by atoms with Crippen LogP contribution in [-0.2, 0) is 0 Å². The minimum Gasteiger partial charge on any atom is -0.242 e. The number of nitrogens with zero attached hydrogens (tertiary/aromatic N) is 1. The summed E-state index contributed by atoms with van der Waals surface area (Å²) in [7, 11) is 4.46. The van der Waals surface area contributed by atoms with Gasteiger partial charge in [-0.05, 0) is 18.8 Å². The van der Waals surface area contributed by atoms with E-state index in [9.17, 15) is 0 Å². The average Bonchev–Trinajstić information content (AvgIpc) is 2.07. The second kappa shape index (κ2) is 3.92. The van der Waals surface area contributed by atoms with E-state index in [2.05, 4.69) is 32.5 Å². The van der Waals surface area contributed by atoms with Gasteiger partial charge in [-0.15, -0.1) is 0 Å². The molecule has 0 heterocycles. The maximum atomic E-state index is 2.45. The molecular weight excluding hydrogens is 182 g/mol. The molecule has 0 unspecified atom stereocenters. The Morgan fingerprint density at radius 2 is 1.60 bits per heavy atom. The molecule has 0 bridgehead atoms. The van der Waals surface area contributed by atoms with Crippen LogP contribution < -0.4 is 0 Å². The lowest BCUT2D eigenvalue weighted by Crippen LogP contribution is -2.57. The van der Waals surface area contributed by atoms with Gasteiger partial charge in [-0.25, -0.2) is 4.58 Å². The van der Waals surface area contributed by atoms with E-state index in [0.717, 1.165) is 11.8 Å². The fraction of sp³-hybridized carbons (Fsp3) is 0.929. The molecule has 86 valence electrons. The van der Waals surface area contributed by atoms with Crippen molar-refractivity contribution in [1.29, 1.82) is 0 Å². The van der Waals surface area contributed by atoms with E-state index in [1.807, 2.05) is 0 Å². The summed E-state index contributed by atoms with van der Waals surface area (Å²) in [6.07, 6.45) is 8.76. The molecule has 0 spiro atoms. The Hall–Kier alpha value is -0.330. The maximum absolute atomic E-state index is 2.45. The molecule has 2 saturated carbocycles. The van der Waals surface area contributed by atoms with Crippen molar-refractivity contribution < 1.29 is 4.58 Å². The third kappa shape index (κ3) is 1.74. The van der Waals surface area contributed by atoms with Crippen molar-refractivity contribution in [1.82, 2.24) is 0 Å². The fourth-order valence-corrected chi connectivity index (χ4v) is 4.16.